The van der Waals surface area contributed by atoms with Gasteiger partial charge >= 0.3 is 0 Å². The second kappa shape index (κ2) is 8.63. The van der Waals surface area contributed by atoms with E-state index in [4.69, 9.17) is 4.74 Å². The van der Waals surface area contributed by atoms with E-state index >= 15 is 0 Å². The Morgan fingerprint density at radius 2 is 2.05 bits per heavy atom. The van der Waals surface area contributed by atoms with Crippen LogP contribution in [-0.4, -0.2) is 37.7 Å². The number of amides is 1. The lowest BCUT2D eigenvalue weighted by Gasteiger charge is -2.39. The number of nitrogens with one attached hydrogen (secondary N) is 2. The van der Waals surface area contributed by atoms with Crippen molar-refractivity contribution in [3.63, 3.8) is 0 Å². The summed E-state index contributed by atoms with van der Waals surface area (Å²) in [7, 11) is 0. The van der Waals surface area contributed by atoms with Crippen LogP contribution in [0.15, 0.2) is 0 Å². The Morgan fingerprint density at radius 3 is 2.90 bits per heavy atom. The minimum Gasteiger partial charge on any atom is -0.381 e. The number of hydrogen-bond donors (Lipinski definition) is 2. The van der Waals surface area contributed by atoms with Crippen LogP contribution < -0.4 is 10.6 Å². The maximum atomic E-state index is 12.1. The van der Waals surface area contributed by atoms with Gasteiger partial charge in [0, 0.05) is 25.8 Å². The van der Waals surface area contributed by atoms with Gasteiger partial charge < -0.3 is 15.4 Å². The zero-order valence-electron chi connectivity index (χ0n) is 12.8. The first-order chi connectivity index (χ1) is 9.81. The van der Waals surface area contributed by atoms with Crippen LogP contribution in [0.4, 0.5) is 0 Å². The summed E-state index contributed by atoms with van der Waals surface area (Å²) in [6, 6.07) is 0.618. The van der Waals surface area contributed by atoms with Crippen LogP contribution in [0.25, 0.3) is 0 Å². The first-order valence-electron chi connectivity index (χ1n) is 8.42. The van der Waals surface area contributed by atoms with Crippen molar-refractivity contribution in [3.05, 3.63) is 0 Å². The molecule has 1 saturated heterocycles. The number of fused-ring (bicyclic) bond motifs is 1. The maximum Gasteiger partial charge on any atom is 0.237 e. The van der Waals surface area contributed by atoms with Crippen LogP contribution in [-0.2, 0) is 9.53 Å². The topological polar surface area (TPSA) is 50.4 Å². The van der Waals surface area contributed by atoms with Crippen molar-refractivity contribution >= 4 is 5.91 Å². The van der Waals surface area contributed by atoms with Gasteiger partial charge in [-0.05, 0) is 44.4 Å². The van der Waals surface area contributed by atoms with Gasteiger partial charge in [-0.2, -0.15) is 0 Å². The fraction of sp³-hybridized carbons (Fsp3) is 0.938. The Hall–Kier alpha value is -0.610. The fourth-order valence-corrected chi connectivity index (χ4v) is 3.46. The molecule has 1 amide bonds. The summed E-state index contributed by atoms with van der Waals surface area (Å²) in [5.74, 6) is 1.000. The Kier molecular flexibility index (Phi) is 6.80. The normalized spacial score (nSPS) is 29.8. The van der Waals surface area contributed by atoms with Gasteiger partial charge in [-0.3, -0.25) is 4.79 Å². The van der Waals surface area contributed by atoms with Crippen molar-refractivity contribution in [2.24, 2.45) is 5.92 Å². The van der Waals surface area contributed by atoms with Gasteiger partial charge in [-0.1, -0.05) is 19.8 Å². The monoisotopic (exact) mass is 282 g/mol. The molecule has 1 saturated carbocycles. The molecule has 0 bridgehead atoms. The molecular weight excluding hydrogens is 252 g/mol. The van der Waals surface area contributed by atoms with Crippen LogP contribution >= 0.6 is 0 Å². The Balaban J connectivity index is 1.60. The minimum atomic E-state index is 0.0333. The molecule has 4 heteroatoms. The molecule has 0 radical (unpaired) electrons. The predicted octanol–water partition coefficient (Wildman–Crippen LogP) is 2.23. The van der Waals surface area contributed by atoms with Gasteiger partial charge in [0.2, 0.25) is 5.91 Å². The first kappa shape index (κ1) is 15.8. The second-order valence-corrected chi connectivity index (χ2v) is 6.20. The van der Waals surface area contributed by atoms with Crippen molar-refractivity contribution < 1.29 is 9.53 Å². The highest BCUT2D eigenvalue weighted by Gasteiger charge is 2.34. The van der Waals surface area contributed by atoms with E-state index in [2.05, 4.69) is 17.6 Å². The molecule has 3 unspecified atom stereocenters. The molecule has 3 atom stereocenters. The molecule has 20 heavy (non-hydrogen) atoms. The molecule has 2 aliphatic rings. The Morgan fingerprint density at radius 1 is 1.20 bits per heavy atom. The number of piperidine rings is 1. The third kappa shape index (κ3) is 4.74. The highest BCUT2D eigenvalue weighted by molar-refractivity contribution is 5.81. The summed E-state index contributed by atoms with van der Waals surface area (Å²) in [5, 5.41) is 6.62. The third-order valence-corrected chi connectivity index (χ3v) is 4.58. The summed E-state index contributed by atoms with van der Waals surface area (Å²) in [6.45, 7) is 4.40. The molecule has 0 spiro atoms. The molecule has 0 aromatic heterocycles. The number of ether oxygens (including phenoxy) is 1. The van der Waals surface area contributed by atoms with Crippen molar-refractivity contribution in [1.29, 1.82) is 0 Å². The maximum absolute atomic E-state index is 12.1. The zero-order valence-corrected chi connectivity index (χ0v) is 12.8. The van der Waals surface area contributed by atoms with Crippen LogP contribution in [0.3, 0.4) is 0 Å². The first-order valence-corrected chi connectivity index (χ1v) is 8.42. The molecule has 0 aromatic carbocycles. The second-order valence-electron chi connectivity index (χ2n) is 6.20. The van der Waals surface area contributed by atoms with E-state index in [-0.39, 0.29) is 11.9 Å². The molecule has 116 valence electrons. The summed E-state index contributed by atoms with van der Waals surface area (Å²) in [4.78, 5) is 12.1. The smallest absolute Gasteiger partial charge is 0.237 e. The van der Waals surface area contributed by atoms with E-state index in [9.17, 15) is 4.79 Å². The summed E-state index contributed by atoms with van der Waals surface area (Å²) in [5.41, 5.74) is 0. The van der Waals surface area contributed by atoms with Crippen molar-refractivity contribution in [3.8, 4) is 0 Å². The predicted molar refractivity (Wildman–Crippen MR) is 80.6 cm³/mol. The number of carbonyl (C=O) groups excluding carboxylic acids is 1. The molecule has 2 rings (SSSR count). The molecule has 2 N–H and O–H groups in total. The number of carbonyl (C=O) groups is 1. The van der Waals surface area contributed by atoms with Gasteiger partial charge in [0.1, 0.15) is 0 Å². The van der Waals surface area contributed by atoms with E-state index in [1.807, 2.05) is 0 Å². The average molecular weight is 282 g/mol. The van der Waals surface area contributed by atoms with Crippen LogP contribution in [0, 0.1) is 5.92 Å². The van der Waals surface area contributed by atoms with Crippen LogP contribution in [0.1, 0.15) is 58.3 Å². The van der Waals surface area contributed by atoms with Gasteiger partial charge in [0.05, 0.1) is 6.04 Å². The molecular formula is C16H30N2O2. The third-order valence-electron chi connectivity index (χ3n) is 4.58. The lowest BCUT2D eigenvalue weighted by atomic mass is 9.77. The quantitative estimate of drug-likeness (QED) is 0.704. The van der Waals surface area contributed by atoms with Crippen molar-refractivity contribution in [1.82, 2.24) is 10.6 Å². The summed E-state index contributed by atoms with van der Waals surface area (Å²) < 4.78 is 5.41. The Bertz CT molecular complexity index is 296. The lowest BCUT2D eigenvalue weighted by Crippen LogP contribution is -2.55. The standard InChI is InChI=1S/C16H30N2O2/c1-2-11-20-12-5-10-17-16(19)15-9-8-13-6-3-4-7-14(13)18-15/h13-15,18H,2-12H2,1H3,(H,17,19). The van der Waals surface area contributed by atoms with Gasteiger partial charge in [-0.25, -0.2) is 0 Å². The molecule has 1 heterocycles. The lowest BCUT2D eigenvalue weighted by molar-refractivity contribution is -0.124. The van der Waals surface area contributed by atoms with E-state index in [1.54, 1.807) is 0 Å². The fourth-order valence-electron chi connectivity index (χ4n) is 3.46. The van der Waals surface area contributed by atoms with Gasteiger partial charge in [0.15, 0.2) is 0 Å². The molecule has 2 fully saturated rings. The highest BCUT2D eigenvalue weighted by Crippen LogP contribution is 2.32. The van der Waals surface area contributed by atoms with E-state index in [0.717, 1.165) is 44.9 Å². The zero-order chi connectivity index (χ0) is 14.2. The molecule has 1 aliphatic carbocycles. The number of rotatable bonds is 7. The number of hydrogen-bond acceptors (Lipinski definition) is 3. The van der Waals surface area contributed by atoms with Crippen molar-refractivity contribution in [2.45, 2.75) is 70.4 Å². The SMILES string of the molecule is CCCOCCCNC(=O)C1CCC2CCCCC2N1. The molecule has 1 aliphatic heterocycles. The van der Waals surface area contributed by atoms with Crippen LogP contribution in [0.2, 0.25) is 0 Å². The van der Waals surface area contributed by atoms with E-state index < -0.39 is 0 Å². The highest BCUT2D eigenvalue weighted by atomic mass is 16.5. The summed E-state index contributed by atoms with van der Waals surface area (Å²) >= 11 is 0. The average Bonchev–Trinajstić information content (AvgIpc) is 2.50. The van der Waals surface area contributed by atoms with E-state index in [0.29, 0.717) is 6.04 Å². The van der Waals surface area contributed by atoms with Gasteiger partial charge in [0.25, 0.3) is 0 Å². The minimum absolute atomic E-state index is 0.0333. The summed E-state index contributed by atoms with van der Waals surface area (Å²) in [6.07, 6.45) is 9.47. The largest absolute Gasteiger partial charge is 0.381 e. The van der Waals surface area contributed by atoms with Crippen molar-refractivity contribution in [2.75, 3.05) is 19.8 Å². The Labute approximate surface area is 123 Å². The molecule has 0 aromatic rings. The van der Waals surface area contributed by atoms with Crippen LogP contribution in [0.5, 0.6) is 0 Å². The molecule has 4 nitrogen and oxygen atoms in total. The van der Waals surface area contributed by atoms with Gasteiger partial charge in [-0.15, -0.1) is 0 Å². The van der Waals surface area contributed by atoms with E-state index in [1.165, 1.54) is 32.1 Å².